The van der Waals surface area contributed by atoms with Gasteiger partial charge in [0.05, 0.1) is 0 Å². The molecular formula is C17H28F6O3. The molecule has 2 atom stereocenters. The van der Waals surface area contributed by atoms with E-state index in [1.807, 2.05) is 0 Å². The van der Waals surface area contributed by atoms with Gasteiger partial charge in [-0.3, -0.25) is 4.79 Å². The van der Waals surface area contributed by atoms with E-state index in [0.29, 0.717) is 13.2 Å². The monoisotopic (exact) mass is 394 g/mol. The molecule has 0 aromatic rings. The van der Waals surface area contributed by atoms with Crippen LogP contribution >= 0.6 is 0 Å². The van der Waals surface area contributed by atoms with Crippen molar-refractivity contribution in [1.29, 1.82) is 0 Å². The zero-order valence-electron chi connectivity index (χ0n) is 15.2. The van der Waals surface area contributed by atoms with Crippen LogP contribution in [-0.4, -0.2) is 44.6 Å². The van der Waals surface area contributed by atoms with E-state index in [-0.39, 0.29) is 26.1 Å². The molecule has 0 heterocycles. The minimum atomic E-state index is -4.43. The average Bonchev–Trinajstić information content (AvgIpc) is 2.44. The largest absolute Gasteiger partial charge is 0.389 e. The van der Waals surface area contributed by atoms with Gasteiger partial charge >= 0.3 is 12.4 Å². The SMILES string of the molecule is CCOCCC(CC(=O)CC(CCOCC)CC(F)(F)F)CC(F)(F)F. The van der Waals surface area contributed by atoms with Crippen LogP contribution in [0.3, 0.4) is 0 Å². The number of alkyl halides is 6. The highest BCUT2D eigenvalue weighted by molar-refractivity contribution is 5.78. The van der Waals surface area contributed by atoms with E-state index in [1.165, 1.54) is 0 Å². The third-order valence-corrected chi connectivity index (χ3v) is 3.82. The predicted molar refractivity (Wildman–Crippen MR) is 84.8 cm³/mol. The lowest BCUT2D eigenvalue weighted by molar-refractivity contribution is -0.150. The van der Waals surface area contributed by atoms with Crippen molar-refractivity contribution in [3.8, 4) is 0 Å². The lowest BCUT2D eigenvalue weighted by Crippen LogP contribution is -2.23. The van der Waals surface area contributed by atoms with Gasteiger partial charge in [-0.15, -0.1) is 0 Å². The van der Waals surface area contributed by atoms with Crippen molar-refractivity contribution in [2.24, 2.45) is 11.8 Å². The Bertz CT molecular complexity index is 348. The molecule has 3 nitrogen and oxygen atoms in total. The Kier molecular flexibility index (Phi) is 12.1. The molecule has 0 aliphatic rings. The number of ketones is 1. The fraction of sp³-hybridized carbons (Fsp3) is 0.941. The summed E-state index contributed by atoms with van der Waals surface area (Å²) >= 11 is 0. The van der Waals surface area contributed by atoms with E-state index in [2.05, 4.69) is 0 Å². The summed E-state index contributed by atoms with van der Waals surface area (Å²) in [5.74, 6) is -2.54. The number of halogens is 6. The predicted octanol–water partition coefficient (Wildman–Crippen LogP) is 5.33. The number of carbonyl (C=O) groups excluding carboxylic acids is 1. The molecule has 0 fully saturated rings. The van der Waals surface area contributed by atoms with Crippen LogP contribution in [0.2, 0.25) is 0 Å². The van der Waals surface area contributed by atoms with Crippen LogP contribution in [0.5, 0.6) is 0 Å². The van der Waals surface area contributed by atoms with Crippen LogP contribution in [-0.2, 0) is 14.3 Å². The maximum absolute atomic E-state index is 12.6. The van der Waals surface area contributed by atoms with Crippen molar-refractivity contribution in [3.05, 3.63) is 0 Å². The van der Waals surface area contributed by atoms with Crippen molar-refractivity contribution >= 4 is 5.78 Å². The molecule has 0 radical (unpaired) electrons. The lowest BCUT2D eigenvalue weighted by Gasteiger charge is -2.21. The maximum atomic E-state index is 12.6. The van der Waals surface area contributed by atoms with E-state index in [1.54, 1.807) is 13.8 Å². The number of hydrogen-bond donors (Lipinski definition) is 0. The van der Waals surface area contributed by atoms with E-state index in [0.717, 1.165) is 0 Å². The second-order valence-corrected chi connectivity index (χ2v) is 6.29. The number of rotatable bonds is 14. The Morgan fingerprint density at radius 1 is 0.769 bits per heavy atom. The van der Waals surface area contributed by atoms with Gasteiger partial charge in [0, 0.05) is 52.1 Å². The Labute approximate surface area is 150 Å². The molecule has 0 aromatic carbocycles. The fourth-order valence-electron chi connectivity index (χ4n) is 2.72. The van der Waals surface area contributed by atoms with Crippen LogP contribution in [0.15, 0.2) is 0 Å². The normalized spacial score (nSPS) is 15.1. The molecule has 0 aliphatic carbocycles. The van der Waals surface area contributed by atoms with Crippen molar-refractivity contribution in [1.82, 2.24) is 0 Å². The highest BCUT2D eigenvalue weighted by atomic mass is 19.4. The molecule has 0 aromatic heterocycles. The highest BCUT2D eigenvalue weighted by Gasteiger charge is 2.35. The Hall–Kier alpha value is -0.830. The minimum Gasteiger partial charge on any atom is -0.382 e. The quantitative estimate of drug-likeness (QED) is 0.295. The summed E-state index contributed by atoms with van der Waals surface area (Å²) in [5, 5.41) is 0. The van der Waals surface area contributed by atoms with Crippen molar-refractivity contribution < 1.29 is 40.6 Å². The fourth-order valence-corrected chi connectivity index (χ4v) is 2.72. The van der Waals surface area contributed by atoms with Crippen molar-refractivity contribution in [2.75, 3.05) is 26.4 Å². The molecule has 0 saturated carbocycles. The summed E-state index contributed by atoms with van der Waals surface area (Å²) in [7, 11) is 0. The molecular weight excluding hydrogens is 366 g/mol. The first-order valence-corrected chi connectivity index (χ1v) is 8.77. The lowest BCUT2D eigenvalue weighted by atomic mass is 9.89. The number of hydrogen-bond acceptors (Lipinski definition) is 3. The summed E-state index contributed by atoms with van der Waals surface area (Å²) in [5.41, 5.74) is 0. The topological polar surface area (TPSA) is 35.5 Å². The Morgan fingerprint density at radius 3 is 1.38 bits per heavy atom. The Morgan fingerprint density at radius 2 is 1.12 bits per heavy atom. The summed E-state index contributed by atoms with van der Waals surface area (Å²) < 4.78 is 85.9. The van der Waals surface area contributed by atoms with Gasteiger partial charge in [0.1, 0.15) is 5.78 Å². The highest BCUT2D eigenvalue weighted by Crippen LogP contribution is 2.32. The third-order valence-electron chi connectivity index (χ3n) is 3.82. The van der Waals surface area contributed by atoms with E-state index in [4.69, 9.17) is 9.47 Å². The second-order valence-electron chi connectivity index (χ2n) is 6.29. The van der Waals surface area contributed by atoms with Gasteiger partial charge in [-0.1, -0.05) is 0 Å². The number of carbonyl (C=O) groups is 1. The molecule has 156 valence electrons. The third kappa shape index (κ3) is 15.4. The first-order chi connectivity index (χ1) is 12.0. The van der Waals surface area contributed by atoms with E-state index >= 15 is 0 Å². The first-order valence-electron chi connectivity index (χ1n) is 8.77. The van der Waals surface area contributed by atoms with Gasteiger partial charge in [0.25, 0.3) is 0 Å². The van der Waals surface area contributed by atoms with Crippen LogP contribution in [0.25, 0.3) is 0 Å². The van der Waals surface area contributed by atoms with Crippen LogP contribution in [0.1, 0.15) is 52.4 Å². The average molecular weight is 394 g/mol. The molecule has 0 spiro atoms. The van der Waals surface area contributed by atoms with E-state index < -0.39 is 55.7 Å². The van der Waals surface area contributed by atoms with Gasteiger partial charge in [-0.05, 0) is 38.5 Å². The van der Waals surface area contributed by atoms with Crippen molar-refractivity contribution in [3.63, 3.8) is 0 Å². The van der Waals surface area contributed by atoms with Crippen LogP contribution in [0, 0.1) is 11.8 Å². The molecule has 26 heavy (non-hydrogen) atoms. The summed E-state index contributed by atoms with van der Waals surface area (Å²) in [6.45, 7) is 4.26. The molecule has 9 heteroatoms. The van der Waals surface area contributed by atoms with Gasteiger partial charge in [-0.2, -0.15) is 26.3 Å². The molecule has 0 N–H and O–H groups in total. The summed E-state index contributed by atoms with van der Waals surface area (Å²) in [4.78, 5) is 12.1. The smallest absolute Gasteiger partial charge is 0.382 e. The van der Waals surface area contributed by atoms with Gasteiger partial charge in [0.15, 0.2) is 0 Å². The van der Waals surface area contributed by atoms with Crippen LogP contribution < -0.4 is 0 Å². The molecule has 0 rings (SSSR count). The van der Waals surface area contributed by atoms with Gasteiger partial charge < -0.3 is 9.47 Å². The molecule has 0 aliphatic heterocycles. The molecule has 2 unspecified atom stereocenters. The number of Topliss-reactive ketones (excluding diaryl/α,β-unsaturated/α-hetero) is 1. The second kappa shape index (κ2) is 12.5. The molecule has 0 amide bonds. The van der Waals surface area contributed by atoms with Crippen LogP contribution in [0.4, 0.5) is 26.3 Å². The minimum absolute atomic E-state index is 0.0436. The summed E-state index contributed by atoms with van der Waals surface area (Å²) in [6, 6.07) is 0. The molecule has 0 saturated heterocycles. The van der Waals surface area contributed by atoms with Crippen molar-refractivity contribution in [2.45, 2.75) is 64.7 Å². The molecule has 0 bridgehead atoms. The Balaban J connectivity index is 4.71. The first kappa shape index (κ1) is 25.2. The zero-order chi connectivity index (χ0) is 20.2. The standard InChI is InChI=1S/C17H28F6O3/c1-3-25-7-5-13(11-16(18,19)20)9-15(24)10-14(6-8-26-4-2)12-17(21,22)23/h13-14H,3-12H2,1-2H3. The maximum Gasteiger partial charge on any atom is 0.389 e. The van der Waals surface area contributed by atoms with E-state index in [9.17, 15) is 31.1 Å². The summed E-state index contributed by atoms with van der Waals surface area (Å²) in [6.07, 6.45) is -11.9. The van der Waals surface area contributed by atoms with Gasteiger partial charge in [0.2, 0.25) is 0 Å². The zero-order valence-corrected chi connectivity index (χ0v) is 15.2. The van der Waals surface area contributed by atoms with Gasteiger partial charge in [-0.25, -0.2) is 0 Å². The number of ether oxygens (including phenoxy) is 2.